The zero-order valence-electron chi connectivity index (χ0n) is 15.8. The number of rotatable bonds is 7. The molecule has 1 aliphatic rings. The number of hydrogen-bond acceptors (Lipinski definition) is 6. The molecule has 1 atom stereocenters. The van der Waals surface area contributed by atoms with Crippen molar-refractivity contribution < 1.29 is 22.5 Å². The molecule has 9 heteroatoms. The van der Waals surface area contributed by atoms with E-state index in [-0.39, 0.29) is 23.5 Å². The molecule has 1 amide bonds. The number of sulfonamides is 1. The van der Waals surface area contributed by atoms with Crippen molar-refractivity contribution in [3.05, 3.63) is 41.3 Å². The Bertz CT molecular complexity index is 958. The quantitative estimate of drug-likeness (QED) is 0.732. The van der Waals surface area contributed by atoms with Gasteiger partial charge in [-0.3, -0.25) is 4.79 Å². The third kappa shape index (κ3) is 5.06. The van der Waals surface area contributed by atoms with E-state index >= 15 is 0 Å². The van der Waals surface area contributed by atoms with Crippen molar-refractivity contribution in [3.8, 4) is 0 Å². The Labute approximate surface area is 164 Å². The van der Waals surface area contributed by atoms with E-state index in [1.165, 1.54) is 19.1 Å². The summed E-state index contributed by atoms with van der Waals surface area (Å²) in [6.07, 6.45) is 5.20. The van der Waals surface area contributed by atoms with Crippen LogP contribution in [0.25, 0.3) is 12.2 Å². The third-order valence-corrected chi connectivity index (χ3v) is 5.77. The van der Waals surface area contributed by atoms with Crippen LogP contribution in [0.1, 0.15) is 36.8 Å². The molecular formula is C19H23N3O5S. The highest BCUT2D eigenvalue weighted by Gasteiger charge is 2.20. The van der Waals surface area contributed by atoms with Crippen molar-refractivity contribution in [1.82, 2.24) is 9.88 Å². The Kier molecular flexibility index (Phi) is 6.28. The number of aryl methyl sites for hydroxylation is 1. The molecule has 0 saturated carbocycles. The molecule has 1 saturated heterocycles. The summed E-state index contributed by atoms with van der Waals surface area (Å²) in [5, 5.41) is 6.52. The largest absolute Gasteiger partial charge is 0.377 e. The van der Waals surface area contributed by atoms with Crippen LogP contribution in [0.5, 0.6) is 0 Å². The number of benzene rings is 1. The van der Waals surface area contributed by atoms with Crippen LogP contribution in [-0.4, -0.2) is 38.7 Å². The van der Waals surface area contributed by atoms with Crippen molar-refractivity contribution in [3.63, 3.8) is 0 Å². The van der Waals surface area contributed by atoms with Gasteiger partial charge < -0.3 is 14.6 Å². The Morgan fingerprint density at radius 2 is 2.04 bits per heavy atom. The van der Waals surface area contributed by atoms with Crippen molar-refractivity contribution in [2.45, 2.75) is 37.7 Å². The van der Waals surface area contributed by atoms with Gasteiger partial charge in [0.15, 0.2) is 5.76 Å². The number of nitrogens with one attached hydrogen (secondary N) is 2. The number of hydrogen-bond donors (Lipinski definition) is 2. The van der Waals surface area contributed by atoms with Gasteiger partial charge in [-0.25, -0.2) is 13.1 Å². The highest BCUT2D eigenvalue weighted by atomic mass is 32.2. The maximum Gasteiger partial charge on any atom is 0.240 e. The van der Waals surface area contributed by atoms with Crippen LogP contribution in [-0.2, 0) is 19.6 Å². The van der Waals surface area contributed by atoms with Gasteiger partial charge in [0.2, 0.25) is 15.9 Å². The second kappa shape index (κ2) is 8.68. The molecule has 1 aromatic carbocycles. The Balaban J connectivity index is 1.67. The van der Waals surface area contributed by atoms with Crippen LogP contribution in [0.3, 0.4) is 0 Å². The van der Waals surface area contributed by atoms with Gasteiger partial charge in [-0.15, -0.1) is 0 Å². The highest BCUT2D eigenvalue weighted by molar-refractivity contribution is 7.89. The van der Waals surface area contributed by atoms with E-state index in [9.17, 15) is 13.2 Å². The lowest BCUT2D eigenvalue weighted by Gasteiger charge is -2.11. The average Bonchev–Trinajstić information content (AvgIpc) is 3.29. The summed E-state index contributed by atoms with van der Waals surface area (Å²) in [5.41, 5.74) is 1.87. The predicted molar refractivity (Wildman–Crippen MR) is 105 cm³/mol. The minimum atomic E-state index is -3.58. The maximum atomic E-state index is 12.4. The first-order valence-corrected chi connectivity index (χ1v) is 10.5. The normalized spacial score (nSPS) is 17.3. The van der Waals surface area contributed by atoms with E-state index < -0.39 is 10.0 Å². The Morgan fingerprint density at radius 3 is 2.68 bits per heavy atom. The summed E-state index contributed by atoms with van der Waals surface area (Å²) in [6, 6.07) is 6.46. The van der Waals surface area contributed by atoms with E-state index in [1.807, 2.05) is 0 Å². The van der Waals surface area contributed by atoms with E-state index in [0.717, 1.165) is 18.4 Å². The van der Waals surface area contributed by atoms with Crippen molar-refractivity contribution in [2.24, 2.45) is 0 Å². The van der Waals surface area contributed by atoms with Crippen LogP contribution in [0.2, 0.25) is 0 Å². The fourth-order valence-electron chi connectivity index (χ4n) is 2.85. The molecule has 1 fully saturated rings. The maximum absolute atomic E-state index is 12.4. The molecule has 2 aromatic rings. The number of carbonyl (C=O) groups excluding carboxylic acids is 1. The van der Waals surface area contributed by atoms with E-state index in [1.54, 1.807) is 31.2 Å². The molecule has 0 aliphatic carbocycles. The molecule has 2 N–H and O–H groups in total. The van der Waals surface area contributed by atoms with E-state index in [2.05, 4.69) is 15.2 Å². The number of ether oxygens (including phenoxy) is 1. The smallest absolute Gasteiger partial charge is 0.240 e. The minimum Gasteiger partial charge on any atom is -0.377 e. The van der Waals surface area contributed by atoms with Gasteiger partial charge in [0.05, 0.1) is 11.0 Å². The first-order valence-electron chi connectivity index (χ1n) is 8.98. The fourth-order valence-corrected chi connectivity index (χ4v) is 3.92. The summed E-state index contributed by atoms with van der Waals surface area (Å²) in [6.45, 7) is 4.10. The summed E-state index contributed by atoms with van der Waals surface area (Å²) in [4.78, 5) is 11.5. The average molecular weight is 405 g/mol. The monoisotopic (exact) mass is 405 g/mol. The summed E-state index contributed by atoms with van der Waals surface area (Å²) >= 11 is 0. The molecule has 0 spiro atoms. The third-order valence-electron chi connectivity index (χ3n) is 4.33. The van der Waals surface area contributed by atoms with Crippen molar-refractivity contribution in [1.29, 1.82) is 0 Å². The number of anilines is 1. The van der Waals surface area contributed by atoms with Gasteiger partial charge >= 0.3 is 0 Å². The minimum absolute atomic E-state index is 0.0554. The second-order valence-corrected chi connectivity index (χ2v) is 8.34. The lowest BCUT2D eigenvalue weighted by molar-refractivity contribution is -0.114. The summed E-state index contributed by atoms with van der Waals surface area (Å²) in [7, 11) is -3.58. The lowest BCUT2D eigenvalue weighted by atomic mass is 10.2. The van der Waals surface area contributed by atoms with Crippen molar-refractivity contribution in [2.75, 3.05) is 18.5 Å². The van der Waals surface area contributed by atoms with Gasteiger partial charge in [0.1, 0.15) is 11.4 Å². The van der Waals surface area contributed by atoms with Crippen molar-refractivity contribution >= 4 is 33.8 Å². The van der Waals surface area contributed by atoms with E-state index in [4.69, 9.17) is 9.26 Å². The molecular weight excluding hydrogens is 382 g/mol. The molecule has 1 unspecified atom stereocenters. The van der Waals surface area contributed by atoms with Crippen LogP contribution < -0.4 is 10.0 Å². The zero-order chi connectivity index (χ0) is 20.1. The van der Waals surface area contributed by atoms with Crippen LogP contribution in [0, 0.1) is 6.92 Å². The van der Waals surface area contributed by atoms with Gasteiger partial charge in [0, 0.05) is 20.1 Å². The molecule has 1 aromatic heterocycles. The number of amides is 1. The van der Waals surface area contributed by atoms with Gasteiger partial charge in [-0.2, -0.15) is 0 Å². The predicted octanol–water partition coefficient (Wildman–Crippen LogP) is 2.57. The topological polar surface area (TPSA) is 111 Å². The highest BCUT2D eigenvalue weighted by Crippen LogP contribution is 2.23. The standard InChI is InChI=1S/C19H23N3O5S/c1-13-19(21-14(2)23)18(27-22-13)10-7-15-5-8-17(9-6-15)28(24,25)20-12-16-4-3-11-26-16/h5-10,16,20H,3-4,11-12H2,1-2H3,(H,21,23)/b10-7-. The molecule has 1 aliphatic heterocycles. The molecule has 8 nitrogen and oxygen atoms in total. The number of aromatic nitrogens is 1. The van der Waals surface area contributed by atoms with Gasteiger partial charge in [0.25, 0.3) is 0 Å². The molecule has 2 heterocycles. The molecule has 150 valence electrons. The summed E-state index contributed by atoms with van der Waals surface area (Å²) < 4.78 is 38.0. The zero-order valence-corrected chi connectivity index (χ0v) is 16.6. The van der Waals surface area contributed by atoms with Crippen LogP contribution in [0.15, 0.2) is 33.7 Å². The van der Waals surface area contributed by atoms with Crippen LogP contribution in [0.4, 0.5) is 5.69 Å². The first kappa shape index (κ1) is 20.2. The van der Waals surface area contributed by atoms with E-state index in [0.29, 0.717) is 23.7 Å². The number of carbonyl (C=O) groups is 1. The number of nitrogens with zero attached hydrogens (tertiary/aromatic N) is 1. The fraction of sp³-hybridized carbons (Fsp3) is 0.368. The molecule has 0 bridgehead atoms. The summed E-state index contributed by atoms with van der Waals surface area (Å²) in [5.74, 6) is 0.202. The Hall–Kier alpha value is -2.49. The second-order valence-electron chi connectivity index (χ2n) is 6.58. The SMILES string of the molecule is CC(=O)Nc1c(C)noc1/C=C\c1ccc(S(=O)(=O)NCC2CCCO2)cc1. The molecule has 0 radical (unpaired) electrons. The molecule has 3 rings (SSSR count). The van der Waals surface area contributed by atoms with Gasteiger partial charge in [-0.1, -0.05) is 23.4 Å². The van der Waals surface area contributed by atoms with Gasteiger partial charge in [-0.05, 0) is 43.5 Å². The lowest BCUT2D eigenvalue weighted by Crippen LogP contribution is -2.31. The Morgan fingerprint density at radius 1 is 1.29 bits per heavy atom. The molecule has 28 heavy (non-hydrogen) atoms. The first-order chi connectivity index (χ1) is 13.3. The van der Waals surface area contributed by atoms with Crippen LogP contribution >= 0.6 is 0 Å².